The predicted molar refractivity (Wildman–Crippen MR) is 151 cm³/mol. The van der Waals surface area contributed by atoms with Gasteiger partial charge < -0.3 is 24.8 Å². The van der Waals surface area contributed by atoms with Crippen LogP contribution in [0.25, 0.3) is 0 Å². The highest BCUT2D eigenvalue weighted by molar-refractivity contribution is 5.90. The Morgan fingerprint density at radius 3 is 2.12 bits per heavy atom. The average Bonchev–Trinajstić information content (AvgIpc) is 2.99. The number of amides is 2. The number of carbonyl (C=O) groups excluding carboxylic acids is 2. The summed E-state index contributed by atoms with van der Waals surface area (Å²) in [5.41, 5.74) is 5.22. The third-order valence-electron chi connectivity index (χ3n) is 7.67. The second-order valence-electron chi connectivity index (χ2n) is 10.8. The normalized spacial score (nSPS) is 21.6. The number of nitrogens with zero attached hydrogens (tertiary/aromatic N) is 1. The lowest BCUT2D eigenvalue weighted by Crippen LogP contribution is -2.41. The van der Waals surface area contributed by atoms with Crippen LogP contribution in [0.2, 0.25) is 0 Å². The lowest BCUT2D eigenvalue weighted by Gasteiger charge is -2.39. The van der Waals surface area contributed by atoms with E-state index in [1.165, 1.54) is 19.3 Å². The van der Waals surface area contributed by atoms with Crippen molar-refractivity contribution >= 4 is 17.5 Å². The van der Waals surface area contributed by atoms with Crippen LogP contribution in [0.3, 0.4) is 0 Å². The quantitative estimate of drug-likeness (QED) is 0.157. The highest BCUT2D eigenvalue weighted by Crippen LogP contribution is 2.38. The molecular weight excluding hydrogens is 510 g/mol. The summed E-state index contributed by atoms with van der Waals surface area (Å²) in [6, 6.07) is 15.6. The van der Waals surface area contributed by atoms with Gasteiger partial charge >= 0.3 is 0 Å². The van der Waals surface area contributed by atoms with E-state index < -0.39 is 6.29 Å². The van der Waals surface area contributed by atoms with E-state index in [4.69, 9.17) is 14.7 Å². The van der Waals surface area contributed by atoms with E-state index in [1.807, 2.05) is 48.5 Å². The van der Waals surface area contributed by atoms with E-state index >= 15 is 0 Å². The Kier molecular flexibility index (Phi) is 11.9. The number of carbonyl (C=O) groups is 2. The maximum atomic E-state index is 12.4. The summed E-state index contributed by atoms with van der Waals surface area (Å²) in [5, 5.41) is 20.9. The monoisotopic (exact) mass is 553 g/mol. The Balaban J connectivity index is 1.32. The molecule has 0 aromatic heterocycles. The van der Waals surface area contributed by atoms with Crippen molar-refractivity contribution in [3.8, 4) is 0 Å². The second-order valence-corrected chi connectivity index (χ2v) is 10.8. The molecule has 0 unspecified atom stereocenters. The van der Waals surface area contributed by atoms with Gasteiger partial charge in [0.25, 0.3) is 0 Å². The Morgan fingerprint density at radius 1 is 0.825 bits per heavy atom. The molecule has 4 rings (SSSR count). The van der Waals surface area contributed by atoms with Gasteiger partial charge in [-0.05, 0) is 62.0 Å². The summed E-state index contributed by atoms with van der Waals surface area (Å²) < 4.78 is 12.9. The van der Waals surface area contributed by atoms with E-state index in [0.717, 1.165) is 67.7 Å². The SMILES string of the molecule is O=C(CCCCCCC(=O)Nc1ccc([C@@H]2O[C@H](CN3CCCCC3)C[C@H](c3ccc(CO)cc3)O2)cc1)NO. The minimum absolute atomic E-state index is 0.0174. The Bertz CT molecular complexity index is 1060. The Hall–Kier alpha value is -2.82. The first-order chi connectivity index (χ1) is 19.5. The number of rotatable bonds is 13. The zero-order valence-electron chi connectivity index (χ0n) is 23.2. The molecule has 0 saturated carbocycles. The summed E-state index contributed by atoms with van der Waals surface area (Å²) in [4.78, 5) is 25.9. The number of aliphatic hydroxyl groups is 1. The Morgan fingerprint density at radius 2 is 1.48 bits per heavy atom. The molecule has 218 valence electrons. The topological polar surface area (TPSA) is 120 Å². The van der Waals surface area contributed by atoms with Crippen molar-refractivity contribution in [1.82, 2.24) is 10.4 Å². The van der Waals surface area contributed by atoms with Gasteiger partial charge in [-0.3, -0.25) is 14.8 Å². The summed E-state index contributed by atoms with van der Waals surface area (Å²) >= 11 is 0. The fourth-order valence-electron chi connectivity index (χ4n) is 5.39. The molecule has 0 radical (unpaired) electrons. The summed E-state index contributed by atoms with van der Waals surface area (Å²) in [7, 11) is 0. The molecule has 3 atom stereocenters. The summed E-state index contributed by atoms with van der Waals surface area (Å²) in [5.74, 6) is -0.422. The van der Waals surface area contributed by atoms with E-state index in [2.05, 4.69) is 10.2 Å². The van der Waals surface area contributed by atoms with E-state index in [0.29, 0.717) is 19.3 Å². The average molecular weight is 554 g/mol. The molecule has 2 amide bonds. The van der Waals surface area contributed by atoms with Crippen LogP contribution in [0.15, 0.2) is 48.5 Å². The van der Waals surface area contributed by atoms with Crippen molar-refractivity contribution in [3.63, 3.8) is 0 Å². The Labute approximate surface area is 236 Å². The van der Waals surface area contributed by atoms with E-state index in [-0.39, 0.29) is 30.6 Å². The minimum atomic E-state index is -0.510. The van der Waals surface area contributed by atoms with Crippen molar-refractivity contribution in [1.29, 1.82) is 0 Å². The number of aliphatic hydroxyl groups excluding tert-OH is 1. The molecule has 0 spiro atoms. The number of ether oxygens (including phenoxy) is 2. The molecule has 2 aromatic carbocycles. The maximum absolute atomic E-state index is 12.4. The number of likely N-dealkylation sites (tertiary alicyclic amines) is 1. The molecule has 2 aliphatic heterocycles. The molecule has 40 heavy (non-hydrogen) atoms. The number of benzene rings is 2. The first kappa shape index (κ1) is 30.1. The second kappa shape index (κ2) is 15.8. The van der Waals surface area contributed by atoms with Gasteiger partial charge in [0.05, 0.1) is 18.8 Å². The molecule has 2 heterocycles. The van der Waals surface area contributed by atoms with Crippen molar-refractivity contribution < 1.29 is 29.4 Å². The number of piperidine rings is 1. The molecule has 9 heteroatoms. The first-order valence-corrected chi connectivity index (χ1v) is 14.6. The van der Waals surface area contributed by atoms with Crippen molar-refractivity contribution in [2.24, 2.45) is 0 Å². The molecule has 2 aromatic rings. The van der Waals surface area contributed by atoms with Crippen LogP contribution in [0, 0.1) is 0 Å². The molecule has 9 nitrogen and oxygen atoms in total. The number of hydrogen-bond acceptors (Lipinski definition) is 7. The minimum Gasteiger partial charge on any atom is -0.392 e. The first-order valence-electron chi connectivity index (χ1n) is 14.6. The smallest absolute Gasteiger partial charge is 0.243 e. The number of nitrogens with one attached hydrogen (secondary N) is 2. The van der Waals surface area contributed by atoms with Gasteiger partial charge in [-0.25, -0.2) is 5.48 Å². The standard InChI is InChI=1S/C31H43N3O6/c35-22-23-10-12-24(13-11-23)28-20-27(21-34-18-6-3-7-19-34)39-31(40-28)25-14-16-26(17-15-25)32-29(36)8-4-1-2-5-9-30(37)33-38/h10-17,27-28,31,35,38H,1-9,18-22H2,(H,32,36)(H,33,37)/t27-,28+,31+/m0/s1. The van der Waals surface area contributed by atoms with Crippen LogP contribution in [0.4, 0.5) is 5.69 Å². The molecule has 2 saturated heterocycles. The van der Waals surface area contributed by atoms with E-state index in [1.54, 1.807) is 5.48 Å². The molecule has 4 N–H and O–H groups in total. The molecule has 0 bridgehead atoms. The van der Waals surface area contributed by atoms with Gasteiger partial charge in [-0.2, -0.15) is 0 Å². The predicted octanol–water partition coefficient (Wildman–Crippen LogP) is 4.99. The van der Waals surface area contributed by atoms with E-state index in [9.17, 15) is 14.7 Å². The number of unbranched alkanes of at least 4 members (excludes halogenated alkanes) is 3. The van der Waals surface area contributed by atoms with Gasteiger partial charge in [0.1, 0.15) is 0 Å². The highest BCUT2D eigenvalue weighted by atomic mass is 16.7. The number of anilines is 1. The third-order valence-corrected chi connectivity index (χ3v) is 7.67. The van der Waals surface area contributed by atoms with Gasteiger partial charge in [-0.1, -0.05) is 55.7 Å². The zero-order valence-corrected chi connectivity index (χ0v) is 23.2. The highest BCUT2D eigenvalue weighted by Gasteiger charge is 2.33. The van der Waals surface area contributed by atoms with Gasteiger partial charge in [0, 0.05) is 37.1 Å². The van der Waals surface area contributed by atoms with Crippen LogP contribution in [-0.4, -0.2) is 52.8 Å². The summed E-state index contributed by atoms with van der Waals surface area (Å²) in [6.45, 7) is 3.12. The van der Waals surface area contributed by atoms with Crippen molar-refractivity contribution in [2.45, 2.75) is 89.3 Å². The van der Waals surface area contributed by atoms with Crippen LogP contribution in [-0.2, 0) is 25.7 Å². The maximum Gasteiger partial charge on any atom is 0.243 e. The fourth-order valence-corrected chi connectivity index (χ4v) is 5.39. The molecule has 2 fully saturated rings. The van der Waals surface area contributed by atoms with Crippen LogP contribution < -0.4 is 10.8 Å². The van der Waals surface area contributed by atoms with Crippen LogP contribution in [0.1, 0.15) is 93.3 Å². The largest absolute Gasteiger partial charge is 0.392 e. The molecular formula is C31H43N3O6. The molecule has 2 aliphatic rings. The van der Waals surface area contributed by atoms with Crippen molar-refractivity contribution in [2.75, 3.05) is 25.0 Å². The zero-order chi connectivity index (χ0) is 28.2. The third kappa shape index (κ3) is 9.38. The fraction of sp³-hybridized carbons (Fsp3) is 0.548. The van der Waals surface area contributed by atoms with Crippen LogP contribution in [0.5, 0.6) is 0 Å². The number of hydroxylamine groups is 1. The lowest BCUT2D eigenvalue weighted by molar-refractivity contribution is -0.253. The number of hydrogen-bond donors (Lipinski definition) is 4. The van der Waals surface area contributed by atoms with Crippen LogP contribution >= 0.6 is 0 Å². The van der Waals surface area contributed by atoms with Gasteiger partial charge in [-0.15, -0.1) is 0 Å². The van der Waals surface area contributed by atoms with Crippen molar-refractivity contribution in [3.05, 3.63) is 65.2 Å². The lowest BCUT2D eigenvalue weighted by atomic mass is 9.99. The molecule has 0 aliphatic carbocycles. The van der Waals surface area contributed by atoms with Gasteiger partial charge in [0.15, 0.2) is 6.29 Å². The summed E-state index contributed by atoms with van der Waals surface area (Å²) in [6.07, 6.45) is 7.77. The van der Waals surface area contributed by atoms with Gasteiger partial charge in [0.2, 0.25) is 11.8 Å².